The second kappa shape index (κ2) is 6.89. The third kappa shape index (κ3) is 3.60. The molecule has 0 amide bonds. The van der Waals surface area contributed by atoms with Crippen LogP contribution in [0.25, 0.3) is 11.5 Å². The van der Waals surface area contributed by atoms with E-state index in [0.29, 0.717) is 10.6 Å². The highest BCUT2D eigenvalue weighted by molar-refractivity contribution is 7.98. The summed E-state index contributed by atoms with van der Waals surface area (Å²) in [7, 11) is 0. The number of nitrogens with one attached hydrogen (secondary N) is 1. The monoisotopic (exact) mass is 390 g/mol. The van der Waals surface area contributed by atoms with Crippen molar-refractivity contribution in [2.24, 2.45) is 0 Å². The predicted molar refractivity (Wildman–Crippen MR) is 94.2 cm³/mol. The Hall–Kier alpha value is -2.72. The van der Waals surface area contributed by atoms with Crippen LogP contribution in [-0.4, -0.2) is 31.1 Å². The summed E-state index contributed by atoms with van der Waals surface area (Å²) in [6, 6.07) is 7.33. The van der Waals surface area contributed by atoms with Crippen molar-refractivity contribution in [3.05, 3.63) is 45.6 Å². The Morgan fingerprint density at radius 1 is 1.31 bits per heavy atom. The summed E-state index contributed by atoms with van der Waals surface area (Å²) in [6.07, 6.45) is 3.11. The normalized spacial score (nSPS) is 13.6. The number of hydrogen-bond donors (Lipinski definition) is 1. The van der Waals surface area contributed by atoms with Gasteiger partial charge < -0.3 is 9.73 Å². The zero-order valence-corrected chi connectivity index (χ0v) is 14.7. The summed E-state index contributed by atoms with van der Waals surface area (Å²) >= 11 is 7.14. The Kier molecular flexibility index (Phi) is 4.43. The Morgan fingerprint density at radius 3 is 2.85 bits per heavy atom. The minimum absolute atomic E-state index is 0.163. The molecule has 2 aromatic heterocycles. The molecule has 1 fully saturated rings. The molecule has 4 rings (SSSR count). The van der Waals surface area contributed by atoms with Crippen LogP contribution in [0.3, 0.4) is 0 Å². The Bertz CT molecular complexity index is 978. The molecule has 1 aliphatic carbocycles. The largest absolute Gasteiger partial charge is 0.411 e. The van der Waals surface area contributed by atoms with Gasteiger partial charge in [0.15, 0.2) is 5.16 Å². The van der Waals surface area contributed by atoms with Gasteiger partial charge in [0.05, 0.1) is 15.5 Å². The van der Waals surface area contributed by atoms with Crippen LogP contribution in [-0.2, 0) is 0 Å². The average Bonchev–Trinajstić information content (AvgIpc) is 3.31. The fraction of sp³-hybridized carbons (Fsp3) is 0.200. The molecule has 1 saturated carbocycles. The van der Waals surface area contributed by atoms with Crippen LogP contribution >= 0.6 is 23.4 Å². The van der Waals surface area contributed by atoms with E-state index in [1.54, 1.807) is 18.2 Å². The zero-order valence-electron chi connectivity index (χ0n) is 13.1. The SMILES string of the molecule is O=[N+]([O-])c1cnc(Sc2nnc(-c3ccccc3Cl)o2)nc1NC1CC1. The minimum Gasteiger partial charge on any atom is -0.411 e. The van der Waals surface area contributed by atoms with Gasteiger partial charge >= 0.3 is 5.69 Å². The molecule has 0 aliphatic heterocycles. The van der Waals surface area contributed by atoms with Crippen LogP contribution in [0.5, 0.6) is 0 Å². The topological polar surface area (TPSA) is 120 Å². The van der Waals surface area contributed by atoms with E-state index in [2.05, 4.69) is 25.5 Å². The van der Waals surface area contributed by atoms with Gasteiger partial charge in [0.1, 0.15) is 6.20 Å². The number of nitrogens with zero attached hydrogens (tertiary/aromatic N) is 5. The molecule has 1 aromatic carbocycles. The van der Waals surface area contributed by atoms with E-state index in [9.17, 15) is 10.1 Å². The standard InChI is InChI=1S/C15H11ClN6O3S/c16-10-4-2-1-3-9(10)13-20-21-15(25-13)26-14-17-7-11(22(23)24)12(19-14)18-8-5-6-8/h1-4,7-8H,5-6H2,(H,17,18,19). The first-order chi connectivity index (χ1) is 12.6. The Balaban J connectivity index is 1.57. The Morgan fingerprint density at radius 2 is 2.12 bits per heavy atom. The molecule has 2 heterocycles. The highest BCUT2D eigenvalue weighted by Gasteiger charge is 2.27. The molecule has 11 heteroatoms. The lowest BCUT2D eigenvalue weighted by Gasteiger charge is -2.05. The first-order valence-electron chi connectivity index (χ1n) is 7.64. The van der Waals surface area contributed by atoms with Crippen LogP contribution in [0.15, 0.2) is 45.3 Å². The van der Waals surface area contributed by atoms with Crippen molar-refractivity contribution < 1.29 is 9.34 Å². The summed E-state index contributed by atoms with van der Waals surface area (Å²) in [6.45, 7) is 0. The summed E-state index contributed by atoms with van der Waals surface area (Å²) in [5.74, 6) is 0.470. The molecule has 132 valence electrons. The molecule has 1 aliphatic rings. The van der Waals surface area contributed by atoms with Crippen LogP contribution in [0.1, 0.15) is 12.8 Å². The molecule has 0 unspecified atom stereocenters. The highest BCUT2D eigenvalue weighted by Crippen LogP contribution is 2.33. The van der Waals surface area contributed by atoms with E-state index in [1.165, 1.54) is 6.20 Å². The van der Waals surface area contributed by atoms with Gasteiger partial charge in [-0.1, -0.05) is 23.7 Å². The van der Waals surface area contributed by atoms with Crippen LogP contribution in [0.2, 0.25) is 5.02 Å². The van der Waals surface area contributed by atoms with Gasteiger partial charge in [-0.3, -0.25) is 10.1 Å². The Labute approximate surface area is 156 Å². The van der Waals surface area contributed by atoms with Crippen LogP contribution in [0.4, 0.5) is 11.5 Å². The van der Waals surface area contributed by atoms with Crippen molar-refractivity contribution in [1.29, 1.82) is 0 Å². The van der Waals surface area contributed by atoms with E-state index < -0.39 is 4.92 Å². The lowest BCUT2D eigenvalue weighted by molar-refractivity contribution is -0.384. The van der Waals surface area contributed by atoms with E-state index >= 15 is 0 Å². The van der Waals surface area contributed by atoms with Crippen molar-refractivity contribution >= 4 is 34.9 Å². The third-order valence-corrected chi connectivity index (χ3v) is 4.60. The van der Waals surface area contributed by atoms with Gasteiger partial charge in [-0.15, -0.1) is 10.2 Å². The molecule has 0 atom stereocenters. The second-order valence-corrected chi connectivity index (χ2v) is 6.84. The molecule has 9 nitrogen and oxygen atoms in total. The lowest BCUT2D eigenvalue weighted by atomic mass is 10.2. The summed E-state index contributed by atoms with van der Waals surface area (Å²) in [4.78, 5) is 18.8. The van der Waals surface area contributed by atoms with E-state index in [-0.39, 0.29) is 33.8 Å². The predicted octanol–water partition coefficient (Wildman–Crippen LogP) is 3.81. The fourth-order valence-corrected chi connectivity index (χ4v) is 2.96. The molecular weight excluding hydrogens is 380 g/mol. The first kappa shape index (κ1) is 16.7. The quantitative estimate of drug-likeness (QED) is 0.380. The molecule has 3 aromatic rings. The number of anilines is 1. The van der Waals surface area contributed by atoms with Crippen molar-refractivity contribution in [2.45, 2.75) is 29.3 Å². The highest BCUT2D eigenvalue weighted by atomic mass is 35.5. The maximum absolute atomic E-state index is 11.1. The molecule has 26 heavy (non-hydrogen) atoms. The van der Waals surface area contributed by atoms with Crippen molar-refractivity contribution in [1.82, 2.24) is 20.2 Å². The number of nitro groups is 1. The van der Waals surface area contributed by atoms with Gasteiger partial charge in [0, 0.05) is 17.8 Å². The van der Waals surface area contributed by atoms with Crippen LogP contribution in [0, 0.1) is 10.1 Å². The van der Waals surface area contributed by atoms with Gasteiger partial charge in [-0.2, -0.15) is 4.98 Å². The zero-order chi connectivity index (χ0) is 18.1. The van der Waals surface area contributed by atoms with Crippen molar-refractivity contribution in [3.8, 4) is 11.5 Å². The smallest absolute Gasteiger partial charge is 0.329 e. The van der Waals surface area contributed by atoms with Crippen molar-refractivity contribution in [2.75, 3.05) is 5.32 Å². The fourth-order valence-electron chi connectivity index (χ4n) is 2.14. The van der Waals surface area contributed by atoms with E-state index in [0.717, 1.165) is 24.6 Å². The summed E-state index contributed by atoms with van der Waals surface area (Å²) < 4.78 is 5.59. The van der Waals surface area contributed by atoms with Gasteiger partial charge in [-0.25, -0.2) is 4.98 Å². The molecule has 0 spiro atoms. The summed E-state index contributed by atoms with van der Waals surface area (Å²) in [5.41, 5.74) is 0.456. The number of hydrogen-bond acceptors (Lipinski definition) is 9. The second-order valence-electron chi connectivity index (χ2n) is 5.52. The van der Waals surface area contributed by atoms with E-state index in [4.69, 9.17) is 16.0 Å². The van der Waals surface area contributed by atoms with Gasteiger partial charge in [0.2, 0.25) is 11.7 Å². The molecule has 0 saturated heterocycles. The third-order valence-electron chi connectivity index (χ3n) is 3.55. The van der Waals surface area contributed by atoms with Gasteiger partial charge in [-0.05, 0) is 25.0 Å². The number of rotatable bonds is 6. The van der Waals surface area contributed by atoms with Crippen LogP contribution < -0.4 is 5.32 Å². The minimum atomic E-state index is -0.513. The average molecular weight is 391 g/mol. The molecular formula is C15H11ClN6O3S. The first-order valence-corrected chi connectivity index (χ1v) is 8.84. The maximum Gasteiger partial charge on any atom is 0.329 e. The maximum atomic E-state index is 11.1. The number of benzene rings is 1. The molecule has 0 radical (unpaired) electrons. The van der Waals surface area contributed by atoms with Gasteiger partial charge in [0.25, 0.3) is 5.22 Å². The van der Waals surface area contributed by atoms with Crippen molar-refractivity contribution in [3.63, 3.8) is 0 Å². The molecule has 0 bridgehead atoms. The van der Waals surface area contributed by atoms with E-state index in [1.807, 2.05) is 6.07 Å². The molecule has 1 N–H and O–H groups in total. The lowest BCUT2D eigenvalue weighted by Crippen LogP contribution is -2.07. The number of halogens is 1. The summed E-state index contributed by atoms with van der Waals surface area (Å²) in [5, 5.41) is 23.0. The number of aromatic nitrogens is 4.